The van der Waals surface area contributed by atoms with Gasteiger partial charge in [0.2, 0.25) is 0 Å². The maximum atomic E-state index is 13.1. The maximum Gasteiger partial charge on any atom is 0.253 e. The van der Waals surface area contributed by atoms with E-state index in [-0.39, 0.29) is 23.9 Å². The molecule has 3 heterocycles. The summed E-state index contributed by atoms with van der Waals surface area (Å²) in [6, 6.07) is 9.24. The molecule has 174 valence electrons. The smallest absolute Gasteiger partial charge is 0.253 e. The second kappa shape index (κ2) is 9.60. The molecule has 0 atom stereocenters. The minimum Gasteiger partial charge on any atom is -0.494 e. The first-order valence-corrected chi connectivity index (χ1v) is 11.5. The van der Waals surface area contributed by atoms with Crippen molar-refractivity contribution in [3.63, 3.8) is 0 Å². The van der Waals surface area contributed by atoms with Crippen LogP contribution in [0.2, 0.25) is 0 Å². The first kappa shape index (κ1) is 22.8. The molecule has 0 unspecified atom stereocenters. The minimum atomic E-state index is -0.120. The monoisotopic (exact) mass is 449 g/mol. The fourth-order valence-electron chi connectivity index (χ4n) is 4.24. The van der Waals surface area contributed by atoms with Crippen LogP contribution < -0.4 is 10.1 Å². The molecular weight excluding hydrogens is 418 g/mol. The number of piperidine rings is 1. The lowest BCUT2D eigenvalue weighted by molar-refractivity contribution is 0.0698. The molecule has 0 radical (unpaired) electrons. The fraction of sp³-hybridized carbons (Fsp3) is 0.440. The average Bonchev–Trinajstić information content (AvgIpc) is 3.23. The van der Waals surface area contributed by atoms with Crippen LogP contribution in [0.5, 0.6) is 5.75 Å². The first-order chi connectivity index (χ1) is 15.9. The highest BCUT2D eigenvalue weighted by molar-refractivity contribution is 6.05. The summed E-state index contributed by atoms with van der Waals surface area (Å²) in [5.41, 5.74) is 2.76. The van der Waals surface area contributed by atoms with Gasteiger partial charge in [0, 0.05) is 36.4 Å². The standard InChI is InChI=1S/C25H31N5O3/c1-5-33-20-8-6-18(7-9-20)25(32)29-12-10-19(11-13-29)28-24(31)21-14-17(4)27-23-22(21)15-26-30(23)16(2)3/h6-9,14-16,19H,5,10-13H2,1-4H3,(H,28,31). The highest BCUT2D eigenvalue weighted by Gasteiger charge is 2.26. The molecule has 2 aromatic heterocycles. The molecule has 3 aromatic rings. The van der Waals surface area contributed by atoms with Crippen molar-refractivity contribution in [2.45, 2.75) is 52.6 Å². The van der Waals surface area contributed by atoms with Crippen LogP contribution in [0.1, 0.15) is 66.1 Å². The molecule has 33 heavy (non-hydrogen) atoms. The van der Waals surface area contributed by atoms with Gasteiger partial charge in [-0.1, -0.05) is 0 Å². The maximum absolute atomic E-state index is 13.1. The van der Waals surface area contributed by atoms with Crippen LogP contribution in [-0.2, 0) is 0 Å². The van der Waals surface area contributed by atoms with E-state index in [0.717, 1.165) is 22.5 Å². The lowest BCUT2D eigenvalue weighted by atomic mass is 10.0. The third kappa shape index (κ3) is 4.84. The molecular formula is C25H31N5O3. The number of hydrogen-bond acceptors (Lipinski definition) is 5. The second-order valence-corrected chi connectivity index (χ2v) is 8.73. The van der Waals surface area contributed by atoms with E-state index in [2.05, 4.69) is 15.4 Å². The summed E-state index contributed by atoms with van der Waals surface area (Å²) in [4.78, 5) is 32.4. The number of aromatic nitrogens is 3. The van der Waals surface area contributed by atoms with Crippen LogP contribution >= 0.6 is 0 Å². The Labute approximate surface area is 193 Å². The molecule has 0 saturated carbocycles. The predicted octanol–water partition coefficient (Wildman–Crippen LogP) is 3.75. The SMILES string of the molecule is CCOc1ccc(C(=O)N2CCC(NC(=O)c3cc(C)nc4c3cnn4C(C)C)CC2)cc1. The van der Waals surface area contributed by atoms with Gasteiger partial charge in [0.25, 0.3) is 11.8 Å². The molecule has 8 nitrogen and oxygen atoms in total. The van der Waals surface area contributed by atoms with Gasteiger partial charge in [-0.2, -0.15) is 5.10 Å². The number of fused-ring (bicyclic) bond motifs is 1. The molecule has 1 aromatic carbocycles. The quantitative estimate of drug-likeness (QED) is 0.619. The number of nitrogens with one attached hydrogen (secondary N) is 1. The van der Waals surface area contributed by atoms with Crippen LogP contribution in [0.25, 0.3) is 11.0 Å². The number of amides is 2. The Hall–Kier alpha value is -3.42. The topological polar surface area (TPSA) is 89.3 Å². The van der Waals surface area contributed by atoms with Crippen LogP contribution in [0.15, 0.2) is 36.5 Å². The summed E-state index contributed by atoms with van der Waals surface area (Å²) in [5, 5.41) is 8.34. The molecule has 0 aliphatic carbocycles. The number of rotatable bonds is 6. The van der Waals surface area contributed by atoms with E-state index >= 15 is 0 Å². The molecule has 0 spiro atoms. The molecule has 1 aliphatic rings. The highest BCUT2D eigenvalue weighted by Crippen LogP contribution is 2.22. The lowest BCUT2D eigenvalue weighted by Crippen LogP contribution is -2.46. The first-order valence-electron chi connectivity index (χ1n) is 11.5. The fourth-order valence-corrected chi connectivity index (χ4v) is 4.24. The van der Waals surface area contributed by atoms with Crippen molar-refractivity contribution in [2.75, 3.05) is 19.7 Å². The Morgan fingerprint density at radius 1 is 1.18 bits per heavy atom. The largest absolute Gasteiger partial charge is 0.494 e. The number of ether oxygens (including phenoxy) is 1. The van der Waals surface area contributed by atoms with Gasteiger partial charge in [0.15, 0.2) is 5.65 Å². The summed E-state index contributed by atoms with van der Waals surface area (Å²) in [6.07, 6.45) is 3.15. The van der Waals surface area contributed by atoms with Gasteiger partial charge in [-0.05, 0) is 70.9 Å². The molecule has 2 amide bonds. The number of likely N-dealkylation sites (tertiary alicyclic amines) is 1. The van der Waals surface area contributed by atoms with Crippen LogP contribution in [0, 0.1) is 6.92 Å². The summed E-state index contributed by atoms with van der Waals surface area (Å²) in [5.74, 6) is 0.648. The number of aryl methyl sites for hydroxylation is 1. The van der Waals surface area contributed by atoms with E-state index in [1.165, 1.54) is 0 Å². The molecule has 1 saturated heterocycles. The van der Waals surface area contributed by atoms with Crippen molar-refractivity contribution in [1.82, 2.24) is 25.0 Å². The summed E-state index contributed by atoms with van der Waals surface area (Å²) >= 11 is 0. The van der Waals surface area contributed by atoms with Crippen molar-refractivity contribution >= 4 is 22.8 Å². The van der Waals surface area contributed by atoms with Gasteiger partial charge >= 0.3 is 0 Å². The zero-order chi connectivity index (χ0) is 23.5. The number of nitrogens with zero attached hydrogens (tertiary/aromatic N) is 4. The number of carbonyl (C=O) groups is 2. The van der Waals surface area contributed by atoms with Gasteiger partial charge in [-0.15, -0.1) is 0 Å². The zero-order valence-electron chi connectivity index (χ0n) is 19.7. The average molecular weight is 450 g/mol. The van der Waals surface area contributed by atoms with Crippen molar-refractivity contribution in [1.29, 1.82) is 0 Å². The number of pyridine rings is 1. The van der Waals surface area contributed by atoms with Crippen LogP contribution in [-0.4, -0.2) is 57.2 Å². The van der Waals surface area contributed by atoms with E-state index in [9.17, 15) is 9.59 Å². The minimum absolute atomic E-state index is 0.00962. The second-order valence-electron chi connectivity index (χ2n) is 8.73. The molecule has 1 fully saturated rings. The molecule has 1 aliphatic heterocycles. The van der Waals surface area contributed by atoms with Gasteiger partial charge in [-0.3, -0.25) is 9.59 Å². The van der Waals surface area contributed by atoms with E-state index in [0.29, 0.717) is 43.7 Å². The van der Waals surface area contributed by atoms with Crippen molar-refractivity contribution in [3.8, 4) is 5.75 Å². The van der Waals surface area contributed by atoms with Crippen molar-refractivity contribution in [2.24, 2.45) is 0 Å². The Bertz CT molecular complexity index is 1140. The Balaban J connectivity index is 1.39. The predicted molar refractivity (Wildman–Crippen MR) is 127 cm³/mol. The number of benzene rings is 1. The van der Waals surface area contributed by atoms with E-state index in [4.69, 9.17) is 4.74 Å². The molecule has 4 rings (SSSR count). The van der Waals surface area contributed by atoms with Gasteiger partial charge in [0.1, 0.15) is 5.75 Å². The van der Waals surface area contributed by atoms with Gasteiger partial charge < -0.3 is 15.0 Å². The highest BCUT2D eigenvalue weighted by atomic mass is 16.5. The van der Waals surface area contributed by atoms with E-state index < -0.39 is 0 Å². The zero-order valence-corrected chi connectivity index (χ0v) is 19.7. The van der Waals surface area contributed by atoms with E-state index in [1.54, 1.807) is 18.3 Å². The number of hydrogen-bond donors (Lipinski definition) is 1. The Morgan fingerprint density at radius 2 is 1.88 bits per heavy atom. The molecule has 0 bridgehead atoms. The number of carbonyl (C=O) groups excluding carboxylic acids is 2. The van der Waals surface area contributed by atoms with Crippen LogP contribution in [0.3, 0.4) is 0 Å². The van der Waals surface area contributed by atoms with Crippen LogP contribution in [0.4, 0.5) is 0 Å². The van der Waals surface area contributed by atoms with Gasteiger partial charge in [0.05, 0.1) is 23.8 Å². The summed E-state index contributed by atoms with van der Waals surface area (Å²) < 4.78 is 7.28. The van der Waals surface area contributed by atoms with Crippen molar-refractivity contribution in [3.05, 3.63) is 53.3 Å². The summed E-state index contributed by atoms with van der Waals surface area (Å²) in [6.45, 7) is 9.70. The molecule has 8 heteroatoms. The molecule has 1 N–H and O–H groups in total. The Morgan fingerprint density at radius 3 is 2.52 bits per heavy atom. The van der Waals surface area contributed by atoms with E-state index in [1.807, 2.05) is 55.5 Å². The third-order valence-electron chi connectivity index (χ3n) is 5.96. The lowest BCUT2D eigenvalue weighted by Gasteiger charge is -2.32. The third-order valence-corrected chi connectivity index (χ3v) is 5.96. The van der Waals surface area contributed by atoms with Crippen molar-refractivity contribution < 1.29 is 14.3 Å². The Kier molecular flexibility index (Phi) is 6.62. The summed E-state index contributed by atoms with van der Waals surface area (Å²) in [7, 11) is 0. The van der Waals surface area contributed by atoms with Gasteiger partial charge in [-0.25, -0.2) is 9.67 Å². The normalized spacial score (nSPS) is 14.6.